The van der Waals surface area contributed by atoms with E-state index in [-0.39, 0.29) is 17.4 Å². The zero-order valence-electron chi connectivity index (χ0n) is 24.0. The summed E-state index contributed by atoms with van der Waals surface area (Å²) in [7, 11) is 5.40. The normalized spacial score (nSPS) is 21.4. The van der Waals surface area contributed by atoms with E-state index in [1.165, 1.54) is 12.1 Å². The van der Waals surface area contributed by atoms with Gasteiger partial charge in [0.1, 0.15) is 35.3 Å². The molecule has 41 heavy (non-hydrogen) atoms. The number of halogens is 3. The second kappa shape index (κ2) is 11.0. The van der Waals surface area contributed by atoms with Gasteiger partial charge >= 0.3 is 0 Å². The molecule has 1 amide bonds. The van der Waals surface area contributed by atoms with Crippen LogP contribution in [0.4, 0.5) is 24.7 Å². The van der Waals surface area contributed by atoms with Crippen LogP contribution >= 0.6 is 0 Å². The average molecular weight is 572 g/mol. The fourth-order valence-corrected chi connectivity index (χ4v) is 6.03. The van der Waals surface area contributed by atoms with E-state index in [4.69, 9.17) is 9.72 Å². The molecule has 0 bridgehead atoms. The van der Waals surface area contributed by atoms with Gasteiger partial charge in [-0.15, -0.1) is 0 Å². The molecule has 2 aromatic carbocycles. The Balaban J connectivity index is 1.60. The van der Waals surface area contributed by atoms with Gasteiger partial charge in [-0.05, 0) is 45.6 Å². The number of carbonyl (C=O) groups excluding carboxylic acids is 1. The zero-order valence-corrected chi connectivity index (χ0v) is 24.0. The Morgan fingerprint density at radius 3 is 2.56 bits per heavy atom. The smallest absolute Gasteiger partial charge is 0.266 e. The number of rotatable bonds is 6. The van der Waals surface area contributed by atoms with Crippen molar-refractivity contribution in [3.8, 4) is 5.75 Å². The summed E-state index contributed by atoms with van der Waals surface area (Å²) in [6.45, 7) is 4.47. The number of nitrogens with one attached hydrogen (secondary N) is 1. The van der Waals surface area contributed by atoms with Crippen LogP contribution in [0, 0.1) is 18.7 Å². The van der Waals surface area contributed by atoms with Crippen LogP contribution in [0.5, 0.6) is 5.75 Å². The Kier molecular flexibility index (Phi) is 7.76. The number of hydrogen-bond acceptors (Lipinski definition) is 7. The van der Waals surface area contributed by atoms with Crippen molar-refractivity contribution < 1.29 is 27.8 Å². The molecule has 1 aliphatic heterocycles. The molecule has 0 unspecified atom stereocenters. The van der Waals surface area contributed by atoms with Gasteiger partial charge in [0, 0.05) is 43.6 Å². The number of anilines is 2. The SMILES string of the molecule is Cc1nc(N[C@H](C)c2cccc(C(F)F)c2F)c2cc(C3(O)CCC(C(=O)N(C)C)CC3)c3c(c2n1)N(C)CCO3. The first kappa shape index (κ1) is 28.9. The first-order valence-electron chi connectivity index (χ1n) is 13.9. The third kappa shape index (κ3) is 5.27. The number of ether oxygens (including phenoxy) is 1. The molecule has 2 aliphatic rings. The Morgan fingerprint density at radius 2 is 1.90 bits per heavy atom. The lowest BCUT2D eigenvalue weighted by molar-refractivity contribution is -0.136. The summed E-state index contributed by atoms with van der Waals surface area (Å²) < 4.78 is 47.9. The van der Waals surface area contributed by atoms with Gasteiger partial charge in [0.25, 0.3) is 6.43 Å². The van der Waals surface area contributed by atoms with Crippen LogP contribution in [0.15, 0.2) is 24.3 Å². The average Bonchev–Trinajstić information content (AvgIpc) is 2.92. The number of alkyl halides is 2. The minimum Gasteiger partial charge on any atom is -0.489 e. The molecule has 1 saturated carbocycles. The topological polar surface area (TPSA) is 90.8 Å². The molecule has 2 heterocycles. The van der Waals surface area contributed by atoms with Crippen LogP contribution in [0.1, 0.15) is 67.6 Å². The number of aromatic nitrogens is 2. The molecule has 5 rings (SSSR count). The molecule has 0 saturated heterocycles. The molecule has 2 N–H and O–H groups in total. The maximum Gasteiger partial charge on any atom is 0.266 e. The van der Waals surface area contributed by atoms with Crippen LogP contribution in [0.25, 0.3) is 10.9 Å². The highest BCUT2D eigenvalue weighted by molar-refractivity contribution is 6.01. The van der Waals surface area contributed by atoms with Crippen molar-refractivity contribution in [1.29, 1.82) is 0 Å². The second-order valence-electron chi connectivity index (χ2n) is 11.3. The zero-order chi connectivity index (χ0) is 29.6. The molecule has 3 aromatic rings. The predicted octanol–water partition coefficient (Wildman–Crippen LogP) is 5.48. The maximum atomic E-state index is 15.0. The van der Waals surface area contributed by atoms with Crippen molar-refractivity contribution >= 4 is 28.3 Å². The Bertz CT molecular complexity index is 1470. The molecule has 11 heteroatoms. The molecular weight excluding hydrogens is 535 g/mol. The predicted molar refractivity (Wildman–Crippen MR) is 151 cm³/mol. The molecule has 0 radical (unpaired) electrons. The van der Waals surface area contributed by atoms with E-state index < -0.39 is 29.4 Å². The number of likely N-dealkylation sites (N-methyl/N-ethyl adjacent to an activating group) is 1. The highest BCUT2D eigenvalue weighted by atomic mass is 19.3. The summed E-state index contributed by atoms with van der Waals surface area (Å²) in [6.07, 6.45) is -1.12. The summed E-state index contributed by atoms with van der Waals surface area (Å²) in [5, 5.41) is 15.8. The van der Waals surface area contributed by atoms with Crippen molar-refractivity contribution in [3.63, 3.8) is 0 Å². The van der Waals surface area contributed by atoms with Crippen LogP contribution in [-0.2, 0) is 10.4 Å². The number of amides is 1. The summed E-state index contributed by atoms with van der Waals surface area (Å²) in [5.74, 6) is 0.347. The van der Waals surface area contributed by atoms with Crippen LogP contribution in [0.3, 0.4) is 0 Å². The van der Waals surface area contributed by atoms with Crippen LogP contribution in [-0.4, -0.2) is 60.2 Å². The second-order valence-corrected chi connectivity index (χ2v) is 11.3. The summed E-state index contributed by atoms with van der Waals surface area (Å²) in [5.41, 5.74) is 0.112. The van der Waals surface area contributed by atoms with Crippen molar-refractivity contribution in [2.24, 2.45) is 5.92 Å². The lowest BCUT2D eigenvalue weighted by Gasteiger charge is -2.39. The highest BCUT2D eigenvalue weighted by Crippen LogP contribution is 2.50. The number of fused-ring (bicyclic) bond motifs is 3. The highest BCUT2D eigenvalue weighted by Gasteiger charge is 2.41. The van der Waals surface area contributed by atoms with Gasteiger partial charge in [-0.1, -0.05) is 18.2 Å². The molecule has 1 atom stereocenters. The Morgan fingerprint density at radius 1 is 1.22 bits per heavy atom. The van der Waals surface area contributed by atoms with Gasteiger partial charge in [0.05, 0.1) is 23.8 Å². The quantitative estimate of drug-likeness (QED) is 0.405. The fourth-order valence-electron chi connectivity index (χ4n) is 6.03. The minimum absolute atomic E-state index is 0.0519. The number of hydrogen-bond donors (Lipinski definition) is 2. The van der Waals surface area contributed by atoms with Crippen molar-refractivity contribution in [2.45, 2.75) is 57.6 Å². The number of nitrogens with zero attached hydrogens (tertiary/aromatic N) is 4. The molecule has 8 nitrogen and oxygen atoms in total. The van der Waals surface area contributed by atoms with E-state index in [0.717, 1.165) is 11.8 Å². The fraction of sp³-hybridized carbons (Fsp3) is 0.500. The third-order valence-electron chi connectivity index (χ3n) is 8.30. The third-order valence-corrected chi connectivity index (χ3v) is 8.30. The molecule has 1 aromatic heterocycles. The van der Waals surface area contributed by atoms with Gasteiger partial charge in [-0.2, -0.15) is 0 Å². The van der Waals surface area contributed by atoms with Gasteiger partial charge in [0.15, 0.2) is 5.75 Å². The van der Waals surface area contributed by atoms with Crippen LogP contribution < -0.4 is 15.0 Å². The Hall–Kier alpha value is -3.60. The molecule has 1 aliphatic carbocycles. The van der Waals surface area contributed by atoms with Crippen molar-refractivity contribution in [2.75, 3.05) is 44.5 Å². The van der Waals surface area contributed by atoms with Crippen LogP contribution in [0.2, 0.25) is 0 Å². The van der Waals surface area contributed by atoms with Gasteiger partial charge in [-0.25, -0.2) is 23.1 Å². The number of aliphatic hydroxyl groups is 1. The Labute approximate surface area is 237 Å². The monoisotopic (exact) mass is 571 g/mol. The van der Waals surface area contributed by atoms with E-state index in [9.17, 15) is 18.7 Å². The summed E-state index contributed by atoms with van der Waals surface area (Å²) in [6, 6.07) is 5.09. The maximum absolute atomic E-state index is 15.0. The number of benzene rings is 2. The molecular formula is C30H36F3N5O3. The largest absolute Gasteiger partial charge is 0.489 e. The van der Waals surface area contributed by atoms with Gasteiger partial charge in [0.2, 0.25) is 5.91 Å². The van der Waals surface area contributed by atoms with Gasteiger partial charge < -0.3 is 25.0 Å². The molecule has 220 valence electrons. The van der Waals surface area contributed by atoms with E-state index in [1.807, 2.05) is 18.0 Å². The first-order chi connectivity index (χ1) is 19.4. The van der Waals surface area contributed by atoms with E-state index in [2.05, 4.69) is 10.3 Å². The lowest BCUT2D eigenvalue weighted by atomic mass is 9.74. The first-order valence-corrected chi connectivity index (χ1v) is 13.9. The molecule has 1 fully saturated rings. The van der Waals surface area contributed by atoms with E-state index >= 15 is 4.39 Å². The van der Waals surface area contributed by atoms with Gasteiger partial charge in [-0.3, -0.25) is 4.79 Å². The number of aryl methyl sites for hydroxylation is 1. The summed E-state index contributed by atoms with van der Waals surface area (Å²) in [4.78, 5) is 25.5. The summed E-state index contributed by atoms with van der Waals surface area (Å²) >= 11 is 0. The number of carbonyl (C=O) groups is 1. The standard InChI is InChI=1S/C30H36F3N5O3/c1-16(19-7-6-8-20(23(19)31)27(32)33)34-28-21-15-22(30(40)11-9-18(10-12-30)29(39)37(3)4)26-25(38(5)13-14-41-26)24(21)35-17(2)36-28/h6-8,15-16,18,27,40H,9-14H2,1-5H3,(H,34,35,36)/t16-,18?,30?/m1/s1. The van der Waals surface area contributed by atoms with Crippen molar-refractivity contribution in [3.05, 3.63) is 52.6 Å². The van der Waals surface area contributed by atoms with Crippen molar-refractivity contribution in [1.82, 2.24) is 14.9 Å². The van der Waals surface area contributed by atoms with E-state index in [0.29, 0.717) is 72.7 Å². The lowest BCUT2D eigenvalue weighted by Crippen LogP contribution is -2.39. The minimum atomic E-state index is -2.93. The molecule has 0 spiro atoms. The van der Waals surface area contributed by atoms with E-state index in [1.54, 1.807) is 32.8 Å².